The molecule has 0 aliphatic heterocycles. The number of aromatic nitrogens is 1. The van der Waals surface area contributed by atoms with E-state index in [2.05, 4.69) is 16.4 Å². The van der Waals surface area contributed by atoms with Gasteiger partial charge in [-0.15, -0.1) is 0 Å². The molecule has 108 valence electrons. The van der Waals surface area contributed by atoms with Gasteiger partial charge in [0, 0.05) is 32.1 Å². The van der Waals surface area contributed by atoms with E-state index in [0.29, 0.717) is 33.0 Å². The number of hydrogen-bond donors (Lipinski definition) is 1. The van der Waals surface area contributed by atoms with Crippen molar-refractivity contribution in [2.24, 2.45) is 0 Å². The van der Waals surface area contributed by atoms with Crippen LogP contribution in [-0.2, 0) is 20.8 Å². The van der Waals surface area contributed by atoms with Gasteiger partial charge in [0.1, 0.15) is 0 Å². The van der Waals surface area contributed by atoms with Crippen molar-refractivity contribution in [1.29, 1.82) is 0 Å². The van der Waals surface area contributed by atoms with Crippen molar-refractivity contribution in [3.8, 4) is 0 Å². The van der Waals surface area contributed by atoms with Gasteiger partial charge in [-0.1, -0.05) is 6.07 Å². The fourth-order valence-corrected chi connectivity index (χ4v) is 1.44. The molecule has 0 radical (unpaired) electrons. The number of rotatable bonds is 11. The van der Waals surface area contributed by atoms with Crippen LogP contribution in [-0.4, -0.2) is 51.7 Å². The van der Waals surface area contributed by atoms with Gasteiger partial charge >= 0.3 is 0 Å². The van der Waals surface area contributed by atoms with E-state index in [1.807, 2.05) is 19.2 Å². The number of ether oxygens (including phenoxy) is 3. The van der Waals surface area contributed by atoms with E-state index < -0.39 is 0 Å². The van der Waals surface area contributed by atoms with E-state index in [-0.39, 0.29) is 0 Å². The molecule has 0 aliphatic carbocycles. The van der Waals surface area contributed by atoms with Crippen molar-refractivity contribution in [1.82, 2.24) is 10.3 Å². The highest BCUT2D eigenvalue weighted by Crippen LogP contribution is 1.97. The van der Waals surface area contributed by atoms with Crippen LogP contribution in [0.15, 0.2) is 18.3 Å². The minimum atomic E-state index is 0.616. The Morgan fingerprint density at radius 2 is 1.79 bits per heavy atom. The Labute approximate surface area is 115 Å². The Morgan fingerprint density at radius 1 is 1.05 bits per heavy atom. The fraction of sp³-hybridized carbons (Fsp3) is 0.643. The molecule has 0 unspecified atom stereocenters. The average molecular weight is 268 g/mol. The lowest BCUT2D eigenvalue weighted by Crippen LogP contribution is -2.20. The van der Waals surface area contributed by atoms with Gasteiger partial charge in [0.05, 0.1) is 33.0 Å². The molecule has 5 nitrogen and oxygen atoms in total. The Hall–Kier alpha value is -1.01. The summed E-state index contributed by atoms with van der Waals surface area (Å²) in [7, 11) is 1.66. The number of pyridine rings is 1. The number of hydrogen-bond acceptors (Lipinski definition) is 5. The Morgan fingerprint density at radius 3 is 2.47 bits per heavy atom. The molecule has 0 fully saturated rings. The highest BCUT2D eigenvalue weighted by atomic mass is 16.5. The molecular weight excluding hydrogens is 244 g/mol. The molecule has 1 N–H and O–H groups in total. The molecule has 1 heterocycles. The monoisotopic (exact) mass is 268 g/mol. The van der Waals surface area contributed by atoms with Crippen LogP contribution >= 0.6 is 0 Å². The van der Waals surface area contributed by atoms with Gasteiger partial charge < -0.3 is 19.5 Å². The number of nitrogens with one attached hydrogen (secondary N) is 1. The lowest BCUT2D eigenvalue weighted by molar-refractivity contribution is 0.0255. The lowest BCUT2D eigenvalue weighted by Gasteiger charge is -2.07. The van der Waals surface area contributed by atoms with E-state index >= 15 is 0 Å². The zero-order valence-electron chi connectivity index (χ0n) is 11.9. The van der Waals surface area contributed by atoms with Gasteiger partial charge in [-0.2, -0.15) is 0 Å². The minimum Gasteiger partial charge on any atom is -0.382 e. The maximum absolute atomic E-state index is 5.43. The summed E-state index contributed by atoms with van der Waals surface area (Å²) in [5.41, 5.74) is 2.23. The highest BCUT2D eigenvalue weighted by molar-refractivity contribution is 5.12. The molecule has 1 rings (SSSR count). The Balaban J connectivity index is 1.87. The van der Waals surface area contributed by atoms with Gasteiger partial charge in [0.25, 0.3) is 0 Å². The molecule has 0 bridgehead atoms. The summed E-state index contributed by atoms with van der Waals surface area (Å²) in [6.45, 7) is 6.81. The topological polar surface area (TPSA) is 52.6 Å². The van der Waals surface area contributed by atoms with Gasteiger partial charge in [-0.05, 0) is 18.6 Å². The summed E-state index contributed by atoms with van der Waals surface area (Å²) in [5, 5.41) is 3.31. The first-order chi connectivity index (χ1) is 9.33. The third kappa shape index (κ3) is 8.67. The average Bonchev–Trinajstić information content (AvgIpc) is 2.43. The molecule has 1 aromatic rings. The lowest BCUT2D eigenvalue weighted by atomic mass is 10.2. The first kappa shape index (κ1) is 16.0. The van der Waals surface area contributed by atoms with Gasteiger partial charge in [-0.25, -0.2) is 0 Å². The smallest absolute Gasteiger partial charge is 0.0701 e. The zero-order valence-corrected chi connectivity index (χ0v) is 11.9. The zero-order chi connectivity index (χ0) is 13.8. The normalized spacial score (nSPS) is 10.8. The SMILES string of the molecule is COCCOCCOCCNCc1ccc(C)nc1. The number of nitrogens with zero attached hydrogens (tertiary/aromatic N) is 1. The molecule has 0 saturated carbocycles. The molecule has 0 amide bonds. The molecule has 0 aliphatic rings. The van der Waals surface area contributed by atoms with Crippen molar-refractivity contribution in [3.05, 3.63) is 29.6 Å². The first-order valence-electron chi connectivity index (χ1n) is 6.59. The van der Waals surface area contributed by atoms with Crippen LogP contribution in [0.25, 0.3) is 0 Å². The van der Waals surface area contributed by atoms with Crippen molar-refractivity contribution >= 4 is 0 Å². The van der Waals surface area contributed by atoms with E-state index in [1.54, 1.807) is 7.11 Å². The third-order valence-corrected chi connectivity index (χ3v) is 2.53. The molecule has 0 aromatic carbocycles. The van der Waals surface area contributed by atoms with Crippen LogP contribution in [0.4, 0.5) is 0 Å². The van der Waals surface area contributed by atoms with Crippen molar-refractivity contribution in [3.63, 3.8) is 0 Å². The summed E-state index contributed by atoms with van der Waals surface area (Å²) in [6.07, 6.45) is 1.90. The molecule has 19 heavy (non-hydrogen) atoms. The summed E-state index contributed by atoms with van der Waals surface area (Å²) < 4.78 is 15.6. The van der Waals surface area contributed by atoms with Crippen LogP contribution in [0, 0.1) is 6.92 Å². The third-order valence-electron chi connectivity index (χ3n) is 2.53. The predicted octanol–water partition coefficient (Wildman–Crippen LogP) is 1.16. The molecule has 1 aromatic heterocycles. The molecule has 5 heteroatoms. The minimum absolute atomic E-state index is 0.616. The van der Waals surface area contributed by atoms with Crippen LogP contribution < -0.4 is 5.32 Å². The van der Waals surface area contributed by atoms with Crippen molar-refractivity contribution in [2.45, 2.75) is 13.5 Å². The summed E-state index contributed by atoms with van der Waals surface area (Å²) >= 11 is 0. The molecule has 0 saturated heterocycles. The maximum atomic E-state index is 5.43. The van der Waals surface area contributed by atoms with Gasteiger partial charge in [-0.3, -0.25) is 4.98 Å². The fourth-order valence-electron chi connectivity index (χ4n) is 1.44. The van der Waals surface area contributed by atoms with E-state index in [1.165, 1.54) is 5.56 Å². The van der Waals surface area contributed by atoms with Crippen LogP contribution in [0.2, 0.25) is 0 Å². The number of aryl methyl sites for hydroxylation is 1. The standard InChI is InChI=1S/C14H24N2O3/c1-13-3-4-14(12-16-13)11-15-5-6-18-9-10-19-8-7-17-2/h3-4,12,15H,5-11H2,1-2H3. The summed E-state index contributed by atoms with van der Waals surface area (Å²) in [4.78, 5) is 4.24. The number of methoxy groups -OCH3 is 1. The Bertz CT molecular complexity index is 317. The maximum Gasteiger partial charge on any atom is 0.0701 e. The molecule has 0 atom stereocenters. The second-order valence-corrected chi connectivity index (χ2v) is 4.20. The van der Waals surface area contributed by atoms with Gasteiger partial charge in [0.15, 0.2) is 0 Å². The summed E-state index contributed by atoms with van der Waals surface area (Å²) in [5.74, 6) is 0. The van der Waals surface area contributed by atoms with E-state index in [0.717, 1.165) is 18.8 Å². The highest BCUT2D eigenvalue weighted by Gasteiger charge is 1.94. The van der Waals surface area contributed by atoms with E-state index in [4.69, 9.17) is 14.2 Å². The first-order valence-corrected chi connectivity index (χ1v) is 6.59. The van der Waals surface area contributed by atoms with E-state index in [9.17, 15) is 0 Å². The van der Waals surface area contributed by atoms with Gasteiger partial charge in [0.2, 0.25) is 0 Å². The second kappa shape index (κ2) is 10.9. The van der Waals surface area contributed by atoms with Crippen LogP contribution in [0.3, 0.4) is 0 Å². The molecular formula is C14H24N2O3. The second-order valence-electron chi connectivity index (χ2n) is 4.20. The van der Waals surface area contributed by atoms with Crippen molar-refractivity contribution in [2.75, 3.05) is 46.7 Å². The van der Waals surface area contributed by atoms with Crippen LogP contribution in [0.5, 0.6) is 0 Å². The van der Waals surface area contributed by atoms with Crippen LogP contribution in [0.1, 0.15) is 11.3 Å². The summed E-state index contributed by atoms with van der Waals surface area (Å²) in [6, 6.07) is 4.10. The van der Waals surface area contributed by atoms with Crippen molar-refractivity contribution < 1.29 is 14.2 Å². The predicted molar refractivity (Wildman–Crippen MR) is 74.2 cm³/mol. The largest absolute Gasteiger partial charge is 0.382 e. The molecule has 0 spiro atoms. The quantitative estimate of drug-likeness (QED) is 0.610. The Kier molecular flexibility index (Phi) is 9.18.